The van der Waals surface area contributed by atoms with Gasteiger partial charge in [-0.2, -0.15) is 0 Å². The molecule has 0 bridgehead atoms. The lowest BCUT2D eigenvalue weighted by atomic mass is 10.1. The number of carbonyl (C=O) groups is 3. The zero-order valence-corrected chi connectivity index (χ0v) is 12.4. The lowest BCUT2D eigenvalue weighted by Crippen LogP contribution is -2.40. The number of imide groups is 1. The molecule has 1 rings (SSSR count). The molecule has 0 aromatic heterocycles. The summed E-state index contributed by atoms with van der Waals surface area (Å²) >= 11 is 0. The summed E-state index contributed by atoms with van der Waals surface area (Å²) in [7, 11) is 1.86. The number of nitrogens with zero attached hydrogens (tertiary/aromatic N) is 1. The molecule has 114 valence electrons. The van der Waals surface area contributed by atoms with E-state index >= 15 is 0 Å². The predicted molar refractivity (Wildman–Crippen MR) is 75.1 cm³/mol. The van der Waals surface area contributed by atoms with E-state index in [1.807, 2.05) is 7.05 Å². The molecule has 4 amide bonds. The molecule has 0 aromatic carbocycles. The van der Waals surface area contributed by atoms with E-state index in [1.54, 1.807) is 13.8 Å². The van der Waals surface area contributed by atoms with Gasteiger partial charge in [0.05, 0.1) is 0 Å². The minimum atomic E-state index is -0.841. The van der Waals surface area contributed by atoms with Crippen molar-refractivity contribution < 1.29 is 14.4 Å². The molecule has 0 aromatic rings. The Balaban J connectivity index is 2.22. The Morgan fingerprint density at radius 3 is 2.50 bits per heavy atom. The molecule has 20 heavy (non-hydrogen) atoms. The first-order chi connectivity index (χ1) is 9.38. The van der Waals surface area contributed by atoms with Crippen LogP contribution >= 0.6 is 0 Å². The highest BCUT2D eigenvalue weighted by atomic mass is 16.2. The normalized spacial score (nSPS) is 17.2. The summed E-state index contributed by atoms with van der Waals surface area (Å²) in [6.07, 6.45) is 1.67. The van der Waals surface area contributed by atoms with Gasteiger partial charge < -0.3 is 16.0 Å². The van der Waals surface area contributed by atoms with Gasteiger partial charge >= 0.3 is 6.03 Å². The summed E-state index contributed by atoms with van der Waals surface area (Å²) < 4.78 is 0. The summed E-state index contributed by atoms with van der Waals surface area (Å²) in [4.78, 5) is 36.2. The van der Waals surface area contributed by atoms with Crippen LogP contribution < -0.4 is 16.0 Å². The molecular formula is C13H24N4O3. The Bertz CT molecular complexity index is 382. The zero-order chi connectivity index (χ0) is 15.2. The summed E-state index contributed by atoms with van der Waals surface area (Å²) in [5, 5.41) is 8.41. The smallest absolute Gasteiger partial charge is 0.325 e. The highest BCUT2D eigenvalue weighted by molar-refractivity contribution is 6.06. The molecule has 1 aliphatic rings. The van der Waals surface area contributed by atoms with E-state index < -0.39 is 5.54 Å². The molecule has 3 N–H and O–H groups in total. The lowest BCUT2D eigenvalue weighted by molar-refractivity contribution is -0.130. The molecule has 0 aliphatic carbocycles. The number of urea groups is 1. The maximum atomic E-state index is 11.9. The van der Waals surface area contributed by atoms with Crippen LogP contribution in [0.15, 0.2) is 0 Å². The van der Waals surface area contributed by atoms with Gasteiger partial charge in [-0.15, -0.1) is 0 Å². The number of amides is 4. The third-order valence-electron chi connectivity index (χ3n) is 3.16. The van der Waals surface area contributed by atoms with Crippen molar-refractivity contribution in [2.24, 2.45) is 0 Å². The Labute approximate surface area is 119 Å². The van der Waals surface area contributed by atoms with Crippen molar-refractivity contribution in [2.75, 3.05) is 26.7 Å². The molecule has 0 spiro atoms. The number of carbonyl (C=O) groups excluding carboxylic acids is 3. The van der Waals surface area contributed by atoms with E-state index in [0.29, 0.717) is 19.4 Å². The van der Waals surface area contributed by atoms with E-state index in [1.165, 1.54) is 4.90 Å². The minimum absolute atomic E-state index is 0.0487. The van der Waals surface area contributed by atoms with Gasteiger partial charge in [-0.1, -0.05) is 0 Å². The molecule has 1 heterocycles. The average molecular weight is 284 g/mol. The Hall–Kier alpha value is -1.63. The molecule has 0 unspecified atom stereocenters. The monoisotopic (exact) mass is 284 g/mol. The molecular weight excluding hydrogens is 260 g/mol. The largest absolute Gasteiger partial charge is 0.356 e. The molecule has 1 saturated heterocycles. The van der Waals surface area contributed by atoms with Crippen molar-refractivity contribution in [2.45, 2.75) is 38.6 Å². The second kappa shape index (κ2) is 7.23. The maximum Gasteiger partial charge on any atom is 0.325 e. The molecule has 0 saturated carbocycles. The Morgan fingerprint density at radius 1 is 1.25 bits per heavy atom. The fraction of sp³-hybridized carbons (Fsp3) is 0.769. The van der Waals surface area contributed by atoms with Gasteiger partial charge in [0.15, 0.2) is 0 Å². The third kappa shape index (κ3) is 4.48. The SMILES string of the molecule is CNCCCNC(=O)CCCN1C(=O)NC(C)(C)C1=O. The van der Waals surface area contributed by atoms with E-state index in [4.69, 9.17) is 0 Å². The van der Waals surface area contributed by atoms with Crippen LogP contribution in [0.1, 0.15) is 33.1 Å². The van der Waals surface area contributed by atoms with E-state index in [0.717, 1.165) is 13.0 Å². The maximum absolute atomic E-state index is 11.9. The number of hydrogen-bond acceptors (Lipinski definition) is 4. The van der Waals surface area contributed by atoms with Gasteiger partial charge in [0.2, 0.25) is 5.91 Å². The van der Waals surface area contributed by atoms with Crippen molar-refractivity contribution in [3.8, 4) is 0 Å². The molecule has 0 atom stereocenters. The first-order valence-electron chi connectivity index (χ1n) is 6.94. The van der Waals surface area contributed by atoms with Crippen LogP contribution in [0.25, 0.3) is 0 Å². The first kappa shape index (κ1) is 16.4. The number of hydrogen-bond donors (Lipinski definition) is 3. The van der Waals surface area contributed by atoms with Crippen molar-refractivity contribution >= 4 is 17.8 Å². The van der Waals surface area contributed by atoms with Gasteiger partial charge in [-0.25, -0.2) is 4.79 Å². The van der Waals surface area contributed by atoms with Crippen LogP contribution in [-0.2, 0) is 9.59 Å². The standard InChI is InChI=1S/C13H24N4O3/c1-13(2)11(19)17(12(20)16-13)9-4-6-10(18)15-8-5-7-14-3/h14H,4-9H2,1-3H3,(H,15,18)(H,16,20). The molecule has 7 nitrogen and oxygen atoms in total. The van der Waals surface area contributed by atoms with Crippen LogP contribution in [0.3, 0.4) is 0 Å². The van der Waals surface area contributed by atoms with Gasteiger partial charge in [-0.05, 0) is 40.3 Å². The molecule has 7 heteroatoms. The average Bonchev–Trinajstić information content (AvgIpc) is 2.56. The van der Waals surface area contributed by atoms with Gasteiger partial charge in [0.25, 0.3) is 5.91 Å². The van der Waals surface area contributed by atoms with Crippen molar-refractivity contribution in [3.05, 3.63) is 0 Å². The first-order valence-corrected chi connectivity index (χ1v) is 6.94. The Kier molecular flexibility index (Phi) is 5.94. The zero-order valence-electron chi connectivity index (χ0n) is 12.4. The van der Waals surface area contributed by atoms with Gasteiger partial charge in [0, 0.05) is 19.5 Å². The third-order valence-corrected chi connectivity index (χ3v) is 3.16. The highest BCUT2D eigenvalue weighted by Crippen LogP contribution is 2.16. The van der Waals surface area contributed by atoms with Crippen LogP contribution in [0.5, 0.6) is 0 Å². The summed E-state index contributed by atoms with van der Waals surface area (Å²) in [5.74, 6) is -0.288. The number of nitrogens with one attached hydrogen (secondary N) is 3. The van der Waals surface area contributed by atoms with Crippen LogP contribution in [0, 0.1) is 0 Å². The van der Waals surface area contributed by atoms with Gasteiger partial charge in [-0.3, -0.25) is 14.5 Å². The molecule has 0 radical (unpaired) electrons. The fourth-order valence-corrected chi connectivity index (χ4v) is 2.00. The lowest BCUT2D eigenvalue weighted by Gasteiger charge is -2.15. The van der Waals surface area contributed by atoms with E-state index in [-0.39, 0.29) is 24.4 Å². The highest BCUT2D eigenvalue weighted by Gasteiger charge is 2.43. The topological polar surface area (TPSA) is 90.5 Å². The van der Waals surface area contributed by atoms with Crippen LogP contribution in [0.2, 0.25) is 0 Å². The Morgan fingerprint density at radius 2 is 1.95 bits per heavy atom. The summed E-state index contributed by atoms with van der Waals surface area (Å²) in [5.41, 5.74) is -0.841. The van der Waals surface area contributed by atoms with Crippen molar-refractivity contribution in [1.29, 1.82) is 0 Å². The van der Waals surface area contributed by atoms with Crippen molar-refractivity contribution in [3.63, 3.8) is 0 Å². The van der Waals surface area contributed by atoms with E-state index in [2.05, 4.69) is 16.0 Å². The summed E-state index contributed by atoms with van der Waals surface area (Å²) in [6.45, 7) is 5.11. The second-order valence-electron chi connectivity index (χ2n) is 5.42. The quantitative estimate of drug-likeness (QED) is 0.426. The summed E-state index contributed by atoms with van der Waals surface area (Å²) in [6, 6.07) is -0.380. The molecule has 1 aliphatic heterocycles. The van der Waals surface area contributed by atoms with Gasteiger partial charge in [0.1, 0.15) is 5.54 Å². The van der Waals surface area contributed by atoms with E-state index in [9.17, 15) is 14.4 Å². The fourth-order valence-electron chi connectivity index (χ4n) is 2.00. The predicted octanol–water partition coefficient (Wildman–Crippen LogP) is -0.177. The van der Waals surface area contributed by atoms with Crippen LogP contribution in [-0.4, -0.2) is 55.0 Å². The number of rotatable bonds is 8. The van der Waals surface area contributed by atoms with Crippen molar-refractivity contribution in [1.82, 2.24) is 20.9 Å². The molecule has 1 fully saturated rings. The second-order valence-corrected chi connectivity index (χ2v) is 5.42. The van der Waals surface area contributed by atoms with Crippen LogP contribution in [0.4, 0.5) is 4.79 Å². The minimum Gasteiger partial charge on any atom is -0.356 e.